The first-order chi connectivity index (χ1) is 11.3. The lowest BCUT2D eigenvalue weighted by Crippen LogP contribution is -2.16. The summed E-state index contributed by atoms with van der Waals surface area (Å²) in [5, 5.41) is 19.2. The van der Waals surface area contributed by atoms with Crippen LogP contribution in [0.3, 0.4) is 0 Å². The summed E-state index contributed by atoms with van der Waals surface area (Å²) in [6.07, 6.45) is 0.577. The standard InChI is InChI=1S/C15H17N3O5S/c1-23-12-5-2-4-11(10-12)8-9-17-13-6-3-7-14(24(16,21)22)15(13)18(19)20/h2-7,10,17H,8-9H2,1H3,(H2,16,21,22). The molecule has 0 saturated carbocycles. The van der Waals surface area contributed by atoms with E-state index in [0.29, 0.717) is 13.0 Å². The van der Waals surface area contributed by atoms with E-state index in [2.05, 4.69) is 5.32 Å². The van der Waals surface area contributed by atoms with Gasteiger partial charge in [-0.2, -0.15) is 0 Å². The Labute approximate surface area is 139 Å². The average Bonchev–Trinajstić information content (AvgIpc) is 2.54. The zero-order valence-electron chi connectivity index (χ0n) is 12.9. The summed E-state index contributed by atoms with van der Waals surface area (Å²) < 4.78 is 28.1. The van der Waals surface area contributed by atoms with Gasteiger partial charge < -0.3 is 10.1 Å². The van der Waals surface area contributed by atoms with Crippen molar-refractivity contribution in [2.24, 2.45) is 5.14 Å². The summed E-state index contributed by atoms with van der Waals surface area (Å²) in [4.78, 5) is 9.96. The summed E-state index contributed by atoms with van der Waals surface area (Å²) in [7, 11) is -2.62. The average molecular weight is 351 g/mol. The van der Waals surface area contributed by atoms with Crippen LogP contribution in [-0.2, 0) is 16.4 Å². The highest BCUT2D eigenvalue weighted by atomic mass is 32.2. The molecule has 2 aromatic rings. The number of hydrogen-bond acceptors (Lipinski definition) is 6. The van der Waals surface area contributed by atoms with Crippen LogP contribution in [0, 0.1) is 10.1 Å². The van der Waals surface area contributed by atoms with Crippen molar-refractivity contribution in [2.75, 3.05) is 19.0 Å². The van der Waals surface area contributed by atoms with Gasteiger partial charge in [0.15, 0.2) is 4.90 Å². The first-order valence-electron chi connectivity index (χ1n) is 7.00. The Morgan fingerprint density at radius 2 is 1.96 bits per heavy atom. The third kappa shape index (κ3) is 4.21. The molecule has 0 fully saturated rings. The van der Waals surface area contributed by atoms with Gasteiger partial charge in [0.05, 0.1) is 12.0 Å². The second-order valence-corrected chi connectivity index (χ2v) is 6.51. The van der Waals surface area contributed by atoms with Crippen molar-refractivity contribution in [1.82, 2.24) is 0 Å². The van der Waals surface area contributed by atoms with E-state index in [4.69, 9.17) is 9.88 Å². The van der Waals surface area contributed by atoms with E-state index in [-0.39, 0.29) is 5.69 Å². The number of nitrogens with two attached hydrogens (primary N) is 1. The summed E-state index contributed by atoms with van der Waals surface area (Å²) in [6.45, 7) is 0.377. The molecule has 0 unspecified atom stereocenters. The molecule has 3 N–H and O–H groups in total. The molecule has 2 aromatic carbocycles. The summed E-state index contributed by atoms with van der Waals surface area (Å²) in [5.41, 5.74) is 0.534. The highest BCUT2D eigenvalue weighted by Crippen LogP contribution is 2.31. The van der Waals surface area contributed by atoms with Crippen LogP contribution in [0.4, 0.5) is 11.4 Å². The minimum Gasteiger partial charge on any atom is -0.497 e. The number of sulfonamides is 1. The Balaban J connectivity index is 2.19. The largest absolute Gasteiger partial charge is 0.497 e. The Kier molecular flexibility index (Phi) is 5.37. The minimum absolute atomic E-state index is 0.106. The number of nitro groups is 1. The number of anilines is 1. The first kappa shape index (κ1) is 17.7. The lowest BCUT2D eigenvalue weighted by molar-refractivity contribution is -0.386. The molecule has 128 valence electrons. The van der Waals surface area contributed by atoms with Crippen molar-refractivity contribution in [1.29, 1.82) is 0 Å². The number of nitrogens with one attached hydrogen (secondary N) is 1. The van der Waals surface area contributed by atoms with Crippen LogP contribution in [0.1, 0.15) is 5.56 Å². The van der Waals surface area contributed by atoms with E-state index >= 15 is 0 Å². The second kappa shape index (κ2) is 7.28. The van der Waals surface area contributed by atoms with Crippen LogP contribution in [0.2, 0.25) is 0 Å². The maximum atomic E-state index is 11.5. The topological polar surface area (TPSA) is 125 Å². The van der Waals surface area contributed by atoms with Gasteiger partial charge in [-0.15, -0.1) is 0 Å². The maximum Gasteiger partial charge on any atom is 0.312 e. The number of hydrogen-bond donors (Lipinski definition) is 2. The molecule has 0 aliphatic carbocycles. The van der Waals surface area contributed by atoms with Crippen LogP contribution >= 0.6 is 0 Å². The van der Waals surface area contributed by atoms with Gasteiger partial charge >= 0.3 is 5.69 Å². The van der Waals surface area contributed by atoms with Gasteiger partial charge in [-0.3, -0.25) is 10.1 Å². The maximum absolute atomic E-state index is 11.5. The molecule has 0 atom stereocenters. The zero-order chi connectivity index (χ0) is 17.7. The summed E-state index contributed by atoms with van der Waals surface area (Å²) in [5.74, 6) is 0.717. The molecule has 0 aliphatic rings. The molecule has 0 spiro atoms. The lowest BCUT2D eigenvalue weighted by atomic mass is 10.1. The number of ether oxygens (including phenoxy) is 1. The molecule has 9 heteroatoms. The predicted molar refractivity (Wildman–Crippen MR) is 89.7 cm³/mol. The first-order valence-corrected chi connectivity index (χ1v) is 8.54. The van der Waals surface area contributed by atoms with Crippen LogP contribution in [-0.4, -0.2) is 27.0 Å². The van der Waals surface area contributed by atoms with Crippen LogP contribution in [0.25, 0.3) is 0 Å². The highest BCUT2D eigenvalue weighted by molar-refractivity contribution is 7.89. The molecule has 0 saturated heterocycles. The number of primary sulfonamides is 1. The van der Waals surface area contributed by atoms with Gasteiger partial charge in [0.2, 0.25) is 10.0 Å². The van der Waals surface area contributed by atoms with Crippen molar-refractivity contribution < 1.29 is 18.1 Å². The van der Waals surface area contributed by atoms with Gasteiger partial charge in [0.25, 0.3) is 0 Å². The molecule has 0 radical (unpaired) electrons. The summed E-state index contributed by atoms with van der Waals surface area (Å²) >= 11 is 0. The molecule has 24 heavy (non-hydrogen) atoms. The fraction of sp³-hybridized carbons (Fsp3) is 0.200. The molecule has 0 amide bonds. The Bertz CT molecular complexity index is 852. The van der Waals surface area contributed by atoms with E-state index in [1.54, 1.807) is 7.11 Å². The fourth-order valence-corrected chi connectivity index (χ4v) is 2.97. The normalized spacial score (nSPS) is 11.1. The van der Waals surface area contributed by atoms with Crippen LogP contribution < -0.4 is 15.2 Å². The Morgan fingerprint density at radius 3 is 2.58 bits per heavy atom. The van der Waals surface area contributed by atoms with E-state index in [9.17, 15) is 18.5 Å². The smallest absolute Gasteiger partial charge is 0.312 e. The number of methoxy groups -OCH3 is 1. The SMILES string of the molecule is COc1cccc(CCNc2cccc(S(N)(=O)=O)c2[N+](=O)[O-])c1. The number of para-hydroxylation sites is 1. The molecule has 0 bridgehead atoms. The van der Waals surface area contributed by atoms with Gasteiger partial charge in [0, 0.05) is 6.54 Å². The highest BCUT2D eigenvalue weighted by Gasteiger charge is 2.26. The van der Waals surface area contributed by atoms with E-state index in [1.807, 2.05) is 24.3 Å². The van der Waals surface area contributed by atoms with E-state index < -0.39 is 25.5 Å². The lowest BCUT2D eigenvalue weighted by Gasteiger charge is -2.10. The third-order valence-electron chi connectivity index (χ3n) is 3.35. The van der Waals surface area contributed by atoms with E-state index in [1.165, 1.54) is 12.1 Å². The molecule has 2 rings (SSSR count). The van der Waals surface area contributed by atoms with Crippen LogP contribution in [0.5, 0.6) is 5.75 Å². The molecular formula is C15H17N3O5S. The van der Waals surface area contributed by atoms with Crippen molar-refractivity contribution in [3.63, 3.8) is 0 Å². The fourth-order valence-electron chi connectivity index (χ4n) is 2.25. The zero-order valence-corrected chi connectivity index (χ0v) is 13.7. The van der Waals surface area contributed by atoms with E-state index in [0.717, 1.165) is 17.4 Å². The quantitative estimate of drug-likeness (QED) is 0.580. The molecule has 0 aliphatic heterocycles. The number of benzene rings is 2. The summed E-state index contributed by atoms with van der Waals surface area (Å²) in [6, 6.07) is 11.4. The van der Waals surface area contributed by atoms with Crippen molar-refractivity contribution in [3.05, 3.63) is 58.1 Å². The monoisotopic (exact) mass is 351 g/mol. The minimum atomic E-state index is -4.19. The Hall–Kier alpha value is -2.65. The Morgan fingerprint density at radius 1 is 1.25 bits per heavy atom. The molecule has 0 aromatic heterocycles. The van der Waals surface area contributed by atoms with Gasteiger partial charge in [-0.05, 0) is 36.2 Å². The second-order valence-electron chi connectivity index (χ2n) is 4.98. The predicted octanol–water partition coefficient (Wildman–Crippen LogP) is 1.91. The van der Waals surface area contributed by atoms with Crippen molar-refractivity contribution >= 4 is 21.4 Å². The molecule has 8 nitrogen and oxygen atoms in total. The number of rotatable bonds is 7. The van der Waals surface area contributed by atoms with Crippen LogP contribution in [0.15, 0.2) is 47.4 Å². The number of nitrogens with zero attached hydrogens (tertiary/aromatic N) is 1. The molecule has 0 heterocycles. The van der Waals surface area contributed by atoms with Gasteiger partial charge in [0.1, 0.15) is 11.4 Å². The van der Waals surface area contributed by atoms with Crippen molar-refractivity contribution in [2.45, 2.75) is 11.3 Å². The third-order valence-corrected chi connectivity index (χ3v) is 4.29. The number of nitro benzene ring substituents is 1. The molecular weight excluding hydrogens is 334 g/mol. The van der Waals surface area contributed by atoms with Gasteiger partial charge in [-0.25, -0.2) is 13.6 Å². The van der Waals surface area contributed by atoms with Crippen molar-refractivity contribution in [3.8, 4) is 5.75 Å². The van der Waals surface area contributed by atoms with Gasteiger partial charge in [-0.1, -0.05) is 18.2 Å².